The molecule has 1 aliphatic heterocycles. The molecule has 1 aromatic carbocycles. The zero-order valence-corrected chi connectivity index (χ0v) is 20.6. The molecule has 6 heteroatoms. The highest BCUT2D eigenvalue weighted by Gasteiger charge is 2.28. The Hall–Kier alpha value is -2.70. The van der Waals surface area contributed by atoms with E-state index in [9.17, 15) is 14.7 Å². The average molecular weight is 482 g/mol. The number of thiophene rings is 1. The van der Waals surface area contributed by atoms with Crippen molar-refractivity contribution in [1.82, 2.24) is 4.90 Å². The molecule has 1 saturated heterocycles. The van der Waals surface area contributed by atoms with Crippen LogP contribution in [0.5, 0.6) is 0 Å². The Balaban J connectivity index is 1.40. The quantitative estimate of drug-likeness (QED) is 0.280. The SMILES string of the molecule is C[C@@H](CCCCCc1ccccc1)[C@@H](O)/C=C\[C@H]1CCC(=O)N1CC=Cc1ccc(C(=O)O)s1. The maximum atomic E-state index is 12.3. The molecule has 5 nitrogen and oxygen atoms in total. The van der Waals surface area contributed by atoms with Crippen molar-refractivity contribution >= 4 is 29.3 Å². The van der Waals surface area contributed by atoms with E-state index in [0.717, 1.165) is 37.0 Å². The number of hydrogen-bond acceptors (Lipinski definition) is 4. The number of carboxylic acid groups (broad SMARTS) is 1. The van der Waals surface area contributed by atoms with Crippen LogP contribution in [0.2, 0.25) is 0 Å². The van der Waals surface area contributed by atoms with Crippen molar-refractivity contribution in [2.45, 2.75) is 64.0 Å². The van der Waals surface area contributed by atoms with E-state index in [2.05, 4.69) is 31.2 Å². The van der Waals surface area contributed by atoms with Gasteiger partial charge in [-0.05, 0) is 55.4 Å². The second-order valence-corrected chi connectivity index (χ2v) is 10.1. The van der Waals surface area contributed by atoms with Crippen LogP contribution in [0.1, 0.15) is 65.6 Å². The molecule has 3 atom stereocenters. The second kappa shape index (κ2) is 13.3. The first-order chi connectivity index (χ1) is 16.4. The van der Waals surface area contributed by atoms with Crippen molar-refractivity contribution in [1.29, 1.82) is 0 Å². The Morgan fingerprint density at radius 2 is 1.97 bits per heavy atom. The number of carboxylic acids is 1. The molecule has 2 heterocycles. The molecule has 0 saturated carbocycles. The summed E-state index contributed by atoms with van der Waals surface area (Å²) in [7, 11) is 0. The second-order valence-electron chi connectivity index (χ2n) is 9.00. The number of carbonyl (C=O) groups is 2. The zero-order chi connectivity index (χ0) is 24.3. The molecule has 0 aliphatic carbocycles. The highest BCUT2D eigenvalue weighted by atomic mass is 32.1. The van der Waals surface area contributed by atoms with E-state index in [-0.39, 0.29) is 17.9 Å². The van der Waals surface area contributed by atoms with Crippen LogP contribution in [0.3, 0.4) is 0 Å². The van der Waals surface area contributed by atoms with E-state index < -0.39 is 12.1 Å². The Morgan fingerprint density at radius 3 is 2.71 bits per heavy atom. The standard InChI is InChI=1S/C28H35NO4S/c1-21(9-4-2-5-10-22-11-6-3-7-12-22)25(30)17-14-23-15-19-27(31)29(23)20-8-13-24-16-18-26(34-24)28(32)33/h3,6-8,11-14,16-18,21,23,25,30H,2,4-5,9-10,15,19-20H2,1H3,(H,32,33)/b13-8?,17-14-/t21-,23-,25-/m0/s1. The molecule has 2 aromatic rings. The van der Waals surface area contributed by atoms with Crippen LogP contribution >= 0.6 is 11.3 Å². The number of aryl methyl sites for hydroxylation is 1. The summed E-state index contributed by atoms with van der Waals surface area (Å²) < 4.78 is 0. The van der Waals surface area contributed by atoms with Gasteiger partial charge in [-0.1, -0.05) is 68.3 Å². The minimum Gasteiger partial charge on any atom is -0.477 e. The number of likely N-dealkylation sites (tertiary alicyclic amines) is 1. The molecule has 1 amide bonds. The van der Waals surface area contributed by atoms with Crippen LogP contribution in [0.15, 0.2) is 60.7 Å². The molecule has 0 bridgehead atoms. The first kappa shape index (κ1) is 25.9. The maximum Gasteiger partial charge on any atom is 0.345 e. The van der Waals surface area contributed by atoms with Gasteiger partial charge in [0, 0.05) is 17.8 Å². The van der Waals surface area contributed by atoms with Crippen LogP contribution < -0.4 is 0 Å². The number of aromatic carboxylic acids is 1. The Kier molecular flexibility index (Phi) is 10.1. The monoisotopic (exact) mass is 481 g/mol. The fraction of sp³-hybridized carbons (Fsp3) is 0.429. The van der Waals surface area contributed by atoms with Crippen molar-refractivity contribution in [2.75, 3.05) is 6.54 Å². The van der Waals surface area contributed by atoms with E-state index in [4.69, 9.17) is 5.11 Å². The van der Waals surface area contributed by atoms with E-state index in [0.29, 0.717) is 17.8 Å². The normalized spacial score (nSPS) is 18.2. The fourth-order valence-electron chi connectivity index (χ4n) is 4.25. The van der Waals surface area contributed by atoms with Gasteiger partial charge in [0.1, 0.15) is 4.88 Å². The lowest BCUT2D eigenvalue weighted by atomic mass is 9.95. The van der Waals surface area contributed by atoms with Crippen LogP contribution in [0.4, 0.5) is 0 Å². The van der Waals surface area contributed by atoms with Gasteiger partial charge in [-0.2, -0.15) is 0 Å². The van der Waals surface area contributed by atoms with Crippen LogP contribution in [0.25, 0.3) is 6.08 Å². The van der Waals surface area contributed by atoms with Gasteiger partial charge in [-0.15, -0.1) is 11.3 Å². The minimum atomic E-state index is -0.926. The lowest BCUT2D eigenvalue weighted by Crippen LogP contribution is -2.32. The van der Waals surface area contributed by atoms with Crippen molar-refractivity contribution in [3.8, 4) is 0 Å². The van der Waals surface area contributed by atoms with Crippen LogP contribution in [0, 0.1) is 5.92 Å². The van der Waals surface area contributed by atoms with Gasteiger partial charge in [0.2, 0.25) is 5.91 Å². The smallest absolute Gasteiger partial charge is 0.345 e. The molecule has 1 aliphatic rings. The minimum absolute atomic E-state index is 0.0113. The summed E-state index contributed by atoms with van der Waals surface area (Å²) in [5, 5.41) is 19.6. The number of aliphatic hydroxyl groups is 1. The summed E-state index contributed by atoms with van der Waals surface area (Å²) >= 11 is 1.21. The summed E-state index contributed by atoms with van der Waals surface area (Å²) in [5.74, 6) is -0.636. The molecule has 0 spiro atoms. The number of benzene rings is 1. The van der Waals surface area contributed by atoms with Gasteiger partial charge in [0.05, 0.1) is 12.1 Å². The highest BCUT2D eigenvalue weighted by molar-refractivity contribution is 7.14. The first-order valence-corrected chi connectivity index (χ1v) is 12.9. The molecule has 3 rings (SSSR count). The fourth-order valence-corrected chi connectivity index (χ4v) is 5.03. The van der Waals surface area contributed by atoms with Crippen LogP contribution in [-0.2, 0) is 11.2 Å². The van der Waals surface area contributed by atoms with Crippen molar-refractivity contribution in [3.63, 3.8) is 0 Å². The van der Waals surface area contributed by atoms with Gasteiger partial charge in [0.25, 0.3) is 0 Å². The molecule has 0 unspecified atom stereocenters. The number of carbonyl (C=O) groups excluding carboxylic acids is 1. The number of amides is 1. The molecule has 1 aromatic heterocycles. The molecular weight excluding hydrogens is 446 g/mol. The van der Waals surface area contributed by atoms with E-state index in [1.165, 1.54) is 23.3 Å². The zero-order valence-electron chi connectivity index (χ0n) is 19.8. The van der Waals surface area contributed by atoms with Crippen molar-refractivity contribution in [3.05, 3.63) is 76.0 Å². The van der Waals surface area contributed by atoms with Gasteiger partial charge >= 0.3 is 5.97 Å². The predicted octanol–water partition coefficient (Wildman–Crippen LogP) is 5.81. The first-order valence-electron chi connectivity index (χ1n) is 12.1. The molecule has 1 fully saturated rings. The largest absolute Gasteiger partial charge is 0.477 e. The summed E-state index contributed by atoms with van der Waals surface area (Å²) in [6.07, 6.45) is 13.9. The van der Waals surface area contributed by atoms with Gasteiger partial charge in [-0.25, -0.2) is 4.79 Å². The Bertz CT molecular complexity index is 981. The molecule has 2 N–H and O–H groups in total. The maximum absolute atomic E-state index is 12.3. The number of unbranched alkanes of at least 4 members (excludes halogenated alkanes) is 2. The molecule has 34 heavy (non-hydrogen) atoms. The van der Waals surface area contributed by atoms with Gasteiger partial charge < -0.3 is 15.1 Å². The third kappa shape index (κ3) is 7.96. The Morgan fingerprint density at radius 1 is 1.18 bits per heavy atom. The molecule has 0 radical (unpaired) electrons. The number of hydrogen-bond donors (Lipinski definition) is 2. The number of rotatable bonds is 13. The van der Waals surface area contributed by atoms with Crippen molar-refractivity contribution < 1.29 is 19.8 Å². The Labute approximate surface area is 206 Å². The number of nitrogens with zero attached hydrogens (tertiary/aromatic N) is 1. The summed E-state index contributed by atoms with van der Waals surface area (Å²) in [6, 6.07) is 13.9. The van der Waals surface area contributed by atoms with E-state index in [1.54, 1.807) is 12.1 Å². The lowest BCUT2D eigenvalue weighted by Gasteiger charge is -2.22. The van der Waals surface area contributed by atoms with Gasteiger partial charge in [0.15, 0.2) is 0 Å². The molecule has 182 valence electrons. The summed E-state index contributed by atoms with van der Waals surface area (Å²) in [5.41, 5.74) is 1.38. The van der Waals surface area contributed by atoms with E-state index >= 15 is 0 Å². The highest BCUT2D eigenvalue weighted by Crippen LogP contribution is 2.23. The summed E-state index contributed by atoms with van der Waals surface area (Å²) in [4.78, 5) is 26.3. The lowest BCUT2D eigenvalue weighted by molar-refractivity contribution is -0.127. The predicted molar refractivity (Wildman–Crippen MR) is 138 cm³/mol. The third-order valence-corrected chi connectivity index (χ3v) is 7.42. The third-order valence-electron chi connectivity index (χ3n) is 6.38. The summed E-state index contributed by atoms with van der Waals surface area (Å²) in [6.45, 7) is 2.56. The van der Waals surface area contributed by atoms with E-state index in [1.807, 2.05) is 35.3 Å². The van der Waals surface area contributed by atoms with Crippen LogP contribution in [-0.4, -0.2) is 45.7 Å². The number of aliphatic hydroxyl groups excluding tert-OH is 1. The molecular formula is C28H35NO4S. The topological polar surface area (TPSA) is 77.8 Å². The average Bonchev–Trinajstić information content (AvgIpc) is 3.45. The van der Waals surface area contributed by atoms with Crippen molar-refractivity contribution in [2.24, 2.45) is 5.92 Å². The van der Waals surface area contributed by atoms with Gasteiger partial charge in [-0.3, -0.25) is 4.79 Å².